The van der Waals surface area contributed by atoms with E-state index in [2.05, 4.69) is 5.32 Å². The Morgan fingerprint density at radius 2 is 1.95 bits per heavy atom. The predicted molar refractivity (Wildman–Crippen MR) is 84.7 cm³/mol. The van der Waals surface area contributed by atoms with Crippen molar-refractivity contribution >= 4 is 11.8 Å². The van der Waals surface area contributed by atoms with E-state index < -0.39 is 11.4 Å². The van der Waals surface area contributed by atoms with Gasteiger partial charge in [0.25, 0.3) is 0 Å². The summed E-state index contributed by atoms with van der Waals surface area (Å²) >= 11 is 0. The van der Waals surface area contributed by atoms with Gasteiger partial charge in [0.05, 0.1) is 0 Å². The Bertz CT molecular complexity index is 572. The molecule has 118 valence electrons. The molecule has 1 aromatic rings. The van der Waals surface area contributed by atoms with Crippen LogP contribution in [-0.2, 0) is 15.1 Å². The first-order valence-corrected chi connectivity index (χ1v) is 8.15. The van der Waals surface area contributed by atoms with Crippen LogP contribution in [-0.4, -0.2) is 11.8 Å². The zero-order valence-electron chi connectivity index (χ0n) is 13.0. The van der Waals surface area contributed by atoms with Crippen LogP contribution in [0, 0.1) is 17.8 Å². The quantitative estimate of drug-likeness (QED) is 0.876. The molecule has 4 unspecified atom stereocenters. The largest absolute Gasteiger partial charge is 0.367 e. The van der Waals surface area contributed by atoms with Crippen molar-refractivity contribution in [2.24, 2.45) is 23.5 Å². The van der Waals surface area contributed by atoms with E-state index in [1.54, 1.807) is 6.92 Å². The van der Waals surface area contributed by atoms with Crippen LogP contribution >= 0.6 is 0 Å². The van der Waals surface area contributed by atoms with Crippen LogP contribution in [0.3, 0.4) is 0 Å². The Morgan fingerprint density at radius 3 is 2.50 bits per heavy atom. The molecule has 2 bridgehead atoms. The maximum Gasteiger partial charge on any atom is 0.247 e. The van der Waals surface area contributed by atoms with Gasteiger partial charge in [-0.05, 0) is 49.5 Å². The standard InChI is InChI=1S/C18H24N2O2/c1-18(17(19)22,15-5-3-2-4-6-15)20-16(21)11-14-10-12-7-8-13(14)9-12/h2-6,12-14H,7-11H2,1H3,(H2,19,22)(H,20,21). The smallest absolute Gasteiger partial charge is 0.247 e. The minimum atomic E-state index is -1.14. The first kappa shape index (κ1) is 15.1. The second-order valence-corrected chi connectivity index (χ2v) is 7.04. The number of carbonyl (C=O) groups excluding carboxylic acids is 2. The number of hydrogen-bond acceptors (Lipinski definition) is 2. The summed E-state index contributed by atoms with van der Waals surface area (Å²) in [7, 11) is 0. The van der Waals surface area contributed by atoms with E-state index in [0.717, 1.165) is 17.9 Å². The number of nitrogens with two attached hydrogens (primary N) is 1. The summed E-state index contributed by atoms with van der Waals surface area (Å²) in [4.78, 5) is 24.4. The van der Waals surface area contributed by atoms with Crippen molar-refractivity contribution in [1.29, 1.82) is 0 Å². The highest BCUT2D eigenvalue weighted by atomic mass is 16.2. The van der Waals surface area contributed by atoms with Crippen molar-refractivity contribution in [2.75, 3.05) is 0 Å². The molecule has 2 amide bonds. The van der Waals surface area contributed by atoms with Crippen molar-refractivity contribution in [3.05, 3.63) is 35.9 Å². The first-order chi connectivity index (χ1) is 10.5. The summed E-state index contributed by atoms with van der Waals surface area (Å²) in [5.41, 5.74) is 5.15. The topological polar surface area (TPSA) is 72.2 Å². The fourth-order valence-electron chi connectivity index (χ4n) is 4.24. The van der Waals surface area contributed by atoms with Crippen LogP contribution < -0.4 is 11.1 Å². The third kappa shape index (κ3) is 2.74. The van der Waals surface area contributed by atoms with E-state index >= 15 is 0 Å². The molecule has 22 heavy (non-hydrogen) atoms. The van der Waals surface area contributed by atoms with E-state index in [-0.39, 0.29) is 5.91 Å². The second-order valence-electron chi connectivity index (χ2n) is 7.04. The van der Waals surface area contributed by atoms with Crippen molar-refractivity contribution in [3.63, 3.8) is 0 Å². The minimum absolute atomic E-state index is 0.0669. The van der Waals surface area contributed by atoms with Crippen molar-refractivity contribution in [3.8, 4) is 0 Å². The van der Waals surface area contributed by atoms with E-state index in [1.165, 1.54) is 19.3 Å². The normalized spacial score (nSPS) is 29.0. The van der Waals surface area contributed by atoms with E-state index in [4.69, 9.17) is 5.73 Å². The van der Waals surface area contributed by atoms with Gasteiger partial charge in [-0.3, -0.25) is 9.59 Å². The monoisotopic (exact) mass is 300 g/mol. The van der Waals surface area contributed by atoms with Crippen LogP contribution in [0.5, 0.6) is 0 Å². The predicted octanol–water partition coefficient (Wildman–Crippen LogP) is 2.33. The Morgan fingerprint density at radius 1 is 1.23 bits per heavy atom. The average molecular weight is 300 g/mol. The summed E-state index contributed by atoms with van der Waals surface area (Å²) < 4.78 is 0. The highest BCUT2D eigenvalue weighted by Crippen LogP contribution is 2.49. The molecule has 3 N–H and O–H groups in total. The van der Waals surface area contributed by atoms with Gasteiger partial charge in [0, 0.05) is 6.42 Å². The summed E-state index contributed by atoms with van der Waals surface area (Å²) in [6, 6.07) is 9.21. The van der Waals surface area contributed by atoms with Gasteiger partial charge in [0.15, 0.2) is 0 Å². The number of benzene rings is 1. The Kier molecular flexibility index (Phi) is 3.94. The van der Waals surface area contributed by atoms with Crippen LogP contribution in [0.1, 0.15) is 44.6 Å². The lowest BCUT2D eigenvalue weighted by Gasteiger charge is -2.29. The summed E-state index contributed by atoms with van der Waals surface area (Å²) in [6.45, 7) is 1.68. The molecule has 0 spiro atoms. The van der Waals surface area contributed by atoms with Crippen LogP contribution in [0.15, 0.2) is 30.3 Å². The molecule has 0 aliphatic heterocycles. The number of amides is 2. The molecule has 3 rings (SSSR count). The van der Waals surface area contributed by atoms with Gasteiger partial charge in [-0.2, -0.15) is 0 Å². The molecule has 4 atom stereocenters. The zero-order valence-corrected chi connectivity index (χ0v) is 13.0. The summed E-state index contributed by atoms with van der Waals surface area (Å²) in [6.07, 6.45) is 5.54. The Balaban J connectivity index is 1.69. The molecule has 4 heteroatoms. The van der Waals surface area contributed by atoms with E-state index in [0.29, 0.717) is 18.3 Å². The lowest BCUT2D eigenvalue weighted by atomic mass is 9.85. The SMILES string of the molecule is CC(NC(=O)CC1CC2CCC1C2)(C(N)=O)c1ccccc1. The molecule has 0 saturated heterocycles. The average Bonchev–Trinajstić information content (AvgIpc) is 3.10. The van der Waals surface area contributed by atoms with Gasteiger partial charge in [0.1, 0.15) is 5.54 Å². The zero-order chi connectivity index (χ0) is 15.7. The lowest BCUT2D eigenvalue weighted by Crippen LogP contribution is -2.53. The summed E-state index contributed by atoms with van der Waals surface area (Å²) in [5, 5.41) is 2.88. The molecular formula is C18H24N2O2. The Labute approximate surface area is 131 Å². The van der Waals surface area contributed by atoms with Crippen molar-refractivity contribution < 1.29 is 9.59 Å². The molecule has 2 aliphatic carbocycles. The van der Waals surface area contributed by atoms with Crippen molar-refractivity contribution in [2.45, 2.75) is 44.6 Å². The number of primary amides is 1. The number of hydrogen-bond donors (Lipinski definition) is 2. The maximum atomic E-state index is 12.4. The molecule has 2 fully saturated rings. The molecule has 2 aliphatic rings. The van der Waals surface area contributed by atoms with Gasteiger partial charge in [-0.25, -0.2) is 0 Å². The van der Waals surface area contributed by atoms with Crippen LogP contribution in [0.2, 0.25) is 0 Å². The Hall–Kier alpha value is -1.84. The van der Waals surface area contributed by atoms with Gasteiger partial charge >= 0.3 is 0 Å². The molecule has 0 radical (unpaired) electrons. The first-order valence-electron chi connectivity index (χ1n) is 8.15. The highest BCUT2D eigenvalue weighted by Gasteiger charge is 2.41. The second kappa shape index (κ2) is 5.75. The molecule has 0 heterocycles. The van der Waals surface area contributed by atoms with Crippen LogP contribution in [0.25, 0.3) is 0 Å². The molecule has 0 aromatic heterocycles. The number of rotatable bonds is 5. The van der Waals surface area contributed by atoms with E-state index in [9.17, 15) is 9.59 Å². The third-order valence-corrected chi connectivity index (χ3v) is 5.57. The number of carbonyl (C=O) groups is 2. The van der Waals surface area contributed by atoms with Gasteiger partial charge in [0.2, 0.25) is 11.8 Å². The third-order valence-electron chi connectivity index (χ3n) is 5.57. The van der Waals surface area contributed by atoms with E-state index in [1.807, 2.05) is 30.3 Å². The fourth-order valence-corrected chi connectivity index (χ4v) is 4.24. The highest BCUT2D eigenvalue weighted by molar-refractivity contribution is 5.91. The molecular weight excluding hydrogens is 276 g/mol. The number of nitrogens with one attached hydrogen (secondary N) is 1. The van der Waals surface area contributed by atoms with Gasteiger partial charge in [-0.1, -0.05) is 36.8 Å². The van der Waals surface area contributed by atoms with Gasteiger partial charge in [-0.15, -0.1) is 0 Å². The van der Waals surface area contributed by atoms with Gasteiger partial charge < -0.3 is 11.1 Å². The fraction of sp³-hybridized carbons (Fsp3) is 0.556. The number of fused-ring (bicyclic) bond motifs is 2. The molecule has 4 nitrogen and oxygen atoms in total. The molecule has 1 aromatic carbocycles. The van der Waals surface area contributed by atoms with Crippen LogP contribution in [0.4, 0.5) is 0 Å². The lowest BCUT2D eigenvalue weighted by molar-refractivity contribution is -0.132. The maximum absolute atomic E-state index is 12.4. The summed E-state index contributed by atoms with van der Waals surface area (Å²) in [5.74, 6) is 1.40. The molecule has 2 saturated carbocycles. The minimum Gasteiger partial charge on any atom is -0.367 e. The van der Waals surface area contributed by atoms with Crippen molar-refractivity contribution in [1.82, 2.24) is 5.32 Å².